The first-order valence-corrected chi connectivity index (χ1v) is 7.58. The largest absolute Gasteiger partial charge is 0.673 e. The Labute approximate surface area is 132 Å². The number of rotatable bonds is 1. The second-order valence-corrected chi connectivity index (χ2v) is 6.79. The maximum absolute atomic E-state index is 9.75. The summed E-state index contributed by atoms with van der Waals surface area (Å²) in [6, 6.07) is 6.30. The fourth-order valence-electron chi connectivity index (χ4n) is 2.13. The van der Waals surface area contributed by atoms with Gasteiger partial charge in [0.15, 0.2) is 5.38 Å². The number of benzene rings is 1. The molecule has 0 N–H and O–H groups in total. The molecule has 0 radical (unpaired) electrons. The number of fused-ring (bicyclic) bond motifs is 1. The second kappa shape index (κ2) is 6.81. The molecule has 22 heavy (non-hydrogen) atoms. The van der Waals surface area contributed by atoms with E-state index in [-0.39, 0.29) is 5.41 Å². The van der Waals surface area contributed by atoms with Crippen LogP contribution in [0, 0.1) is 6.92 Å². The van der Waals surface area contributed by atoms with E-state index in [4.69, 9.17) is 4.74 Å². The van der Waals surface area contributed by atoms with Crippen LogP contribution in [0.4, 0.5) is 17.3 Å². The van der Waals surface area contributed by atoms with Gasteiger partial charge in [-0.3, -0.25) is 0 Å². The first-order valence-electron chi connectivity index (χ1n) is 6.70. The minimum Gasteiger partial charge on any atom is -0.497 e. The van der Waals surface area contributed by atoms with Crippen LogP contribution in [0.25, 0.3) is 10.1 Å². The molecule has 122 valence electrons. The summed E-state index contributed by atoms with van der Waals surface area (Å²) in [4.78, 5) is 0. The van der Waals surface area contributed by atoms with Gasteiger partial charge in [0.25, 0.3) is 0 Å². The zero-order valence-electron chi connectivity index (χ0n) is 13.2. The molecule has 7 heteroatoms. The van der Waals surface area contributed by atoms with Crippen LogP contribution >= 0.6 is 11.3 Å². The molecule has 1 heterocycles. The predicted molar refractivity (Wildman–Crippen MR) is 86.4 cm³/mol. The average Bonchev–Trinajstić information content (AvgIpc) is 2.35. The monoisotopic (exact) mass is 334 g/mol. The molecular weight excluding hydrogens is 315 g/mol. The summed E-state index contributed by atoms with van der Waals surface area (Å²) in [6.45, 7) is 8.98. The van der Waals surface area contributed by atoms with Crippen molar-refractivity contribution in [2.75, 3.05) is 7.11 Å². The molecule has 0 aliphatic rings. The van der Waals surface area contributed by atoms with E-state index < -0.39 is 7.25 Å². The zero-order valence-corrected chi connectivity index (χ0v) is 14.0. The molecule has 0 aliphatic heterocycles. The van der Waals surface area contributed by atoms with Gasteiger partial charge in [-0.25, -0.2) is 0 Å². The number of ether oxygens (including phenoxy) is 1. The van der Waals surface area contributed by atoms with Crippen LogP contribution in [-0.2, 0) is 5.41 Å². The molecule has 1 aromatic carbocycles. The van der Waals surface area contributed by atoms with Gasteiger partial charge >= 0.3 is 7.25 Å². The van der Waals surface area contributed by atoms with Gasteiger partial charge in [0.1, 0.15) is 5.75 Å². The fraction of sp³-hybridized carbons (Fsp3) is 0.400. The Morgan fingerprint density at radius 3 is 2.09 bits per heavy atom. The third-order valence-corrected chi connectivity index (χ3v) is 4.07. The smallest absolute Gasteiger partial charge is 0.497 e. The van der Waals surface area contributed by atoms with Crippen LogP contribution in [-0.4, -0.2) is 14.4 Å². The van der Waals surface area contributed by atoms with Crippen molar-refractivity contribution in [3.8, 4) is 5.75 Å². The van der Waals surface area contributed by atoms with Crippen molar-refractivity contribution in [2.45, 2.75) is 33.1 Å². The third-order valence-electron chi connectivity index (χ3n) is 3.11. The van der Waals surface area contributed by atoms with E-state index in [2.05, 4.69) is 45.2 Å². The van der Waals surface area contributed by atoms with Crippen LogP contribution in [0.1, 0.15) is 31.9 Å². The van der Waals surface area contributed by atoms with Crippen molar-refractivity contribution >= 4 is 28.7 Å². The van der Waals surface area contributed by atoms with Crippen LogP contribution in [0.15, 0.2) is 23.6 Å². The van der Waals surface area contributed by atoms with Crippen molar-refractivity contribution in [1.29, 1.82) is 0 Å². The summed E-state index contributed by atoms with van der Waals surface area (Å²) in [5.74, 6) is 0.929. The zero-order chi connectivity index (χ0) is 17.1. The minimum atomic E-state index is -6.00. The molecule has 2 rings (SSSR count). The van der Waals surface area contributed by atoms with E-state index in [0.717, 1.165) is 5.75 Å². The van der Waals surface area contributed by atoms with Gasteiger partial charge in [0, 0.05) is 17.0 Å². The Morgan fingerprint density at radius 1 is 1.09 bits per heavy atom. The van der Waals surface area contributed by atoms with Gasteiger partial charge in [0.05, 0.1) is 7.11 Å². The lowest BCUT2D eigenvalue weighted by atomic mass is 9.85. The lowest BCUT2D eigenvalue weighted by molar-refractivity contribution is 0.368. The molecular formula is C15H19BF4OS. The maximum atomic E-state index is 9.75. The van der Waals surface area contributed by atoms with Crippen LogP contribution in [0.2, 0.25) is 0 Å². The summed E-state index contributed by atoms with van der Waals surface area (Å²) in [7, 11) is -4.28. The number of aryl methyl sites for hydroxylation is 1. The normalized spacial score (nSPS) is 11.9. The molecule has 0 saturated carbocycles. The summed E-state index contributed by atoms with van der Waals surface area (Å²) < 4.78 is 45.6. The van der Waals surface area contributed by atoms with E-state index >= 15 is 0 Å². The van der Waals surface area contributed by atoms with E-state index in [1.807, 2.05) is 17.4 Å². The summed E-state index contributed by atoms with van der Waals surface area (Å²) in [6.07, 6.45) is 0. The minimum absolute atomic E-state index is 0.192. The second-order valence-electron chi connectivity index (χ2n) is 5.88. The summed E-state index contributed by atoms with van der Waals surface area (Å²) >= 11 is 1.81. The van der Waals surface area contributed by atoms with Gasteiger partial charge in [-0.2, -0.15) is 0 Å². The molecule has 0 spiro atoms. The van der Waals surface area contributed by atoms with Gasteiger partial charge in [-0.05, 0) is 30.0 Å². The molecule has 0 fully saturated rings. The first kappa shape index (κ1) is 18.7. The lowest BCUT2D eigenvalue weighted by Crippen LogP contribution is -2.12. The van der Waals surface area contributed by atoms with Gasteiger partial charge in [-0.15, -0.1) is 0 Å². The molecule has 0 unspecified atom stereocenters. The standard InChI is InChI=1S/C15H19OS.BF4/c1-10-12-8-11(16-5)6-7-14(12)17-9-13(10)15(2,3)4;2-1(3,4)5/h6-9H,1-5H3;/q+1;-1. The number of hydrogen-bond acceptors (Lipinski definition) is 1. The number of hydrogen-bond donors (Lipinski definition) is 0. The highest BCUT2D eigenvalue weighted by Gasteiger charge is 2.23. The van der Waals surface area contributed by atoms with Crippen molar-refractivity contribution in [3.05, 3.63) is 34.7 Å². The molecule has 0 atom stereocenters. The van der Waals surface area contributed by atoms with E-state index in [0.29, 0.717) is 0 Å². The first-order chi connectivity index (χ1) is 9.93. The summed E-state index contributed by atoms with van der Waals surface area (Å²) in [5.41, 5.74) is 2.98. The molecule has 2 aromatic rings. The van der Waals surface area contributed by atoms with E-state index in [1.54, 1.807) is 7.11 Å². The average molecular weight is 334 g/mol. The highest BCUT2D eigenvalue weighted by atomic mass is 32.1. The predicted octanol–water partition coefficient (Wildman–Crippen LogP) is 6.10. The maximum Gasteiger partial charge on any atom is 0.673 e. The highest BCUT2D eigenvalue weighted by Crippen LogP contribution is 2.34. The lowest BCUT2D eigenvalue weighted by Gasteiger charge is -2.19. The van der Waals surface area contributed by atoms with Gasteiger partial charge in [-0.1, -0.05) is 20.8 Å². The molecule has 1 nitrogen and oxygen atoms in total. The highest BCUT2D eigenvalue weighted by molar-refractivity contribution is 7.16. The quantitative estimate of drug-likeness (QED) is 0.348. The van der Waals surface area contributed by atoms with E-state index in [1.165, 1.54) is 21.2 Å². The van der Waals surface area contributed by atoms with Crippen molar-refractivity contribution < 1.29 is 22.0 Å². The molecule has 1 aromatic heterocycles. The van der Waals surface area contributed by atoms with E-state index in [9.17, 15) is 17.3 Å². The number of methoxy groups -OCH3 is 1. The van der Waals surface area contributed by atoms with Gasteiger partial charge < -0.3 is 22.0 Å². The van der Waals surface area contributed by atoms with Crippen molar-refractivity contribution in [2.24, 2.45) is 0 Å². The Kier molecular flexibility index (Phi) is 5.79. The van der Waals surface area contributed by atoms with Crippen molar-refractivity contribution in [1.82, 2.24) is 0 Å². The van der Waals surface area contributed by atoms with Crippen LogP contribution in [0.5, 0.6) is 5.75 Å². The van der Waals surface area contributed by atoms with Gasteiger partial charge in [0.2, 0.25) is 16.0 Å². The SMILES string of the molecule is COc1ccc2[s+]cc(C(C)(C)C)c(C)c2c1.F[B-](F)(F)F. The fourth-order valence-corrected chi connectivity index (χ4v) is 3.39. The molecule has 0 aliphatic carbocycles. The molecule has 0 amide bonds. The Morgan fingerprint density at radius 2 is 1.64 bits per heavy atom. The Bertz CT molecular complexity index is 644. The van der Waals surface area contributed by atoms with Crippen LogP contribution < -0.4 is 4.74 Å². The number of halogens is 4. The molecule has 0 bridgehead atoms. The summed E-state index contributed by atoms with van der Waals surface area (Å²) in [5, 5.41) is 3.59. The third kappa shape index (κ3) is 5.44. The topological polar surface area (TPSA) is 9.23 Å². The van der Waals surface area contributed by atoms with Crippen LogP contribution in [0.3, 0.4) is 0 Å². The Balaban J connectivity index is 0.000000422. The van der Waals surface area contributed by atoms with Crippen molar-refractivity contribution in [3.63, 3.8) is 0 Å². The Hall–Kier alpha value is -1.37. The molecule has 0 saturated heterocycles.